The maximum atomic E-state index is 11.0. The van der Waals surface area contributed by atoms with Gasteiger partial charge in [0.15, 0.2) is 0 Å². The molecule has 0 saturated carbocycles. The van der Waals surface area contributed by atoms with E-state index in [0.717, 1.165) is 21.8 Å². The van der Waals surface area contributed by atoms with Crippen LogP contribution in [0.2, 0.25) is 0 Å². The lowest BCUT2D eigenvalue weighted by Gasteiger charge is -2.24. The fourth-order valence-electron chi connectivity index (χ4n) is 2.69. The van der Waals surface area contributed by atoms with Crippen molar-refractivity contribution in [2.45, 2.75) is 13.0 Å². The summed E-state index contributed by atoms with van der Waals surface area (Å²) in [6.07, 6.45) is 3.55. The summed E-state index contributed by atoms with van der Waals surface area (Å²) < 4.78 is 1.77. The zero-order valence-electron chi connectivity index (χ0n) is 12.7. The molecular weight excluding hydrogens is 326 g/mol. The number of aromatic carboxylic acids is 1. The lowest BCUT2D eigenvalue weighted by molar-refractivity contribution is 0.0697. The zero-order valence-corrected chi connectivity index (χ0v) is 13.5. The minimum atomic E-state index is -0.940. The van der Waals surface area contributed by atoms with E-state index in [-0.39, 0.29) is 11.6 Å². The first-order valence-corrected chi connectivity index (χ1v) is 8.13. The largest absolute Gasteiger partial charge is 0.478 e. The van der Waals surface area contributed by atoms with Crippen molar-refractivity contribution >= 4 is 29.0 Å². The summed E-state index contributed by atoms with van der Waals surface area (Å²) in [6.45, 7) is 1.96. The predicted molar refractivity (Wildman–Crippen MR) is 90.0 cm³/mol. The number of benzene rings is 1. The monoisotopic (exact) mass is 339 g/mol. The molecule has 0 radical (unpaired) electrons. The van der Waals surface area contributed by atoms with Gasteiger partial charge in [-0.25, -0.2) is 14.5 Å². The van der Waals surface area contributed by atoms with Crippen LogP contribution in [0, 0.1) is 6.92 Å². The van der Waals surface area contributed by atoms with Gasteiger partial charge in [-0.3, -0.25) is 0 Å². The van der Waals surface area contributed by atoms with E-state index in [1.165, 1.54) is 6.33 Å². The number of fused-ring (bicyclic) bond motifs is 1. The normalized spacial score (nSPS) is 16.2. The Labute approximate surface area is 141 Å². The van der Waals surface area contributed by atoms with Gasteiger partial charge in [0, 0.05) is 0 Å². The van der Waals surface area contributed by atoms with Crippen molar-refractivity contribution in [2.24, 2.45) is 0 Å². The SMILES string of the molecule is Cc1ncsc1C1=CC(c2ccc(C(=O)O)cc2)n2ncnc2N1. The second kappa shape index (κ2) is 5.57. The lowest BCUT2D eigenvalue weighted by Crippen LogP contribution is -2.20. The Balaban J connectivity index is 1.79. The van der Waals surface area contributed by atoms with Crippen LogP contribution in [0.1, 0.15) is 32.5 Å². The van der Waals surface area contributed by atoms with Crippen molar-refractivity contribution in [1.82, 2.24) is 19.7 Å². The van der Waals surface area contributed by atoms with Gasteiger partial charge in [0.1, 0.15) is 12.4 Å². The average molecular weight is 339 g/mol. The number of hydrogen-bond acceptors (Lipinski definition) is 6. The van der Waals surface area contributed by atoms with Gasteiger partial charge in [-0.2, -0.15) is 10.1 Å². The van der Waals surface area contributed by atoms with Gasteiger partial charge in [-0.1, -0.05) is 12.1 Å². The highest BCUT2D eigenvalue weighted by Crippen LogP contribution is 2.34. The molecule has 0 fully saturated rings. The molecule has 2 N–H and O–H groups in total. The molecule has 0 spiro atoms. The molecule has 0 aliphatic carbocycles. The summed E-state index contributed by atoms with van der Waals surface area (Å²) in [5.41, 5.74) is 4.89. The molecule has 3 aromatic rings. The molecule has 24 heavy (non-hydrogen) atoms. The highest BCUT2D eigenvalue weighted by Gasteiger charge is 2.24. The molecule has 4 rings (SSSR count). The van der Waals surface area contributed by atoms with E-state index >= 15 is 0 Å². The quantitative estimate of drug-likeness (QED) is 0.762. The summed E-state index contributed by atoms with van der Waals surface area (Å²) in [6, 6.07) is 6.64. The number of rotatable bonds is 3. The Kier molecular flexibility index (Phi) is 3.39. The van der Waals surface area contributed by atoms with Crippen LogP contribution >= 0.6 is 11.3 Å². The van der Waals surface area contributed by atoms with E-state index in [1.54, 1.807) is 40.3 Å². The van der Waals surface area contributed by atoms with Gasteiger partial charge in [-0.05, 0) is 30.7 Å². The number of nitrogens with zero attached hydrogens (tertiary/aromatic N) is 4. The van der Waals surface area contributed by atoms with E-state index in [1.807, 2.05) is 12.4 Å². The smallest absolute Gasteiger partial charge is 0.335 e. The van der Waals surface area contributed by atoms with Crippen molar-refractivity contribution < 1.29 is 9.90 Å². The Morgan fingerprint density at radius 3 is 2.75 bits per heavy atom. The third kappa shape index (κ3) is 2.37. The molecule has 1 atom stereocenters. The van der Waals surface area contributed by atoms with Gasteiger partial charge in [-0.15, -0.1) is 11.3 Å². The minimum Gasteiger partial charge on any atom is -0.478 e. The molecule has 1 unspecified atom stereocenters. The number of aromatic nitrogens is 4. The van der Waals surface area contributed by atoms with Gasteiger partial charge < -0.3 is 10.4 Å². The molecule has 2 aromatic heterocycles. The van der Waals surface area contributed by atoms with Crippen LogP contribution in [-0.2, 0) is 0 Å². The number of nitrogens with one attached hydrogen (secondary N) is 1. The highest BCUT2D eigenvalue weighted by molar-refractivity contribution is 7.11. The maximum absolute atomic E-state index is 11.0. The minimum absolute atomic E-state index is 0.164. The van der Waals surface area contributed by atoms with Crippen molar-refractivity contribution in [3.8, 4) is 0 Å². The van der Waals surface area contributed by atoms with Crippen LogP contribution in [0.3, 0.4) is 0 Å². The Morgan fingerprint density at radius 1 is 1.29 bits per heavy atom. The second-order valence-corrected chi connectivity index (χ2v) is 6.23. The molecule has 1 aromatic carbocycles. The van der Waals surface area contributed by atoms with E-state index in [9.17, 15) is 4.79 Å². The first kappa shape index (κ1) is 14.6. The zero-order chi connectivity index (χ0) is 16.7. The molecular formula is C16H13N5O2S. The van der Waals surface area contributed by atoms with Gasteiger partial charge >= 0.3 is 5.97 Å². The number of aryl methyl sites for hydroxylation is 1. The van der Waals surface area contributed by atoms with Crippen LogP contribution < -0.4 is 5.32 Å². The Hall–Kier alpha value is -3.00. The van der Waals surface area contributed by atoms with Crippen LogP contribution in [0.15, 0.2) is 42.2 Å². The first-order valence-electron chi connectivity index (χ1n) is 7.25. The number of thiazole rings is 1. The molecule has 120 valence electrons. The standard InChI is InChI=1S/C16H13N5O2S/c1-9-14(24-8-18-9)12-6-13(21-16(20-12)17-7-19-21)10-2-4-11(5-3-10)15(22)23/h2-8,13H,1H3,(H,22,23)(H,17,19,20). The highest BCUT2D eigenvalue weighted by atomic mass is 32.1. The number of carbonyl (C=O) groups is 1. The molecule has 0 amide bonds. The molecule has 1 aliphatic heterocycles. The first-order chi connectivity index (χ1) is 11.6. The summed E-state index contributed by atoms with van der Waals surface area (Å²) in [5, 5.41) is 16.6. The third-order valence-electron chi connectivity index (χ3n) is 3.90. The van der Waals surface area contributed by atoms with Crippen molar-refractivity contribution in [1.29, 1.82) is 0 Å². The summed E-state index contributed by atoms with van der Waals surface area (Å²) in [5.74, 6) is -0.294. The molecule has 0 saturated heterocycles. The molecule has 1 aliphatic rings. The van der Waals surface area contributed by atoms with Crippen molar-refractivity contribution in [3.05, 3.63) is 63.9 Å². The average Bonchev–Trinajstić information content (AvgIpc) is 3.22. The topological polar surface area (TPSA) is 92.9 Å². The second-order valence-electron chi connectivity index (χ2n) is 5.37. The van der Waals surface area contributed by atoms with E-state index in [0.29, 0.717) is 5.95 Å². The summed E-state index contributed by atoms with van der Waals surface area (Å²) in [7, 11) is 0. The summed E-state index contributed by atoms with van der Waals surface area (Å²) in [4.78, 5) is 20.6. The molecule has 8 heteroatoms. The number of allylic oxidation sites excluding steroid dienone is 1. The van der Waals surface area contributed by atoms with Crippen LogP contribution in [0.25, 0.3) is 5.70 Å². The number of hydrogen-bond donors (Lipinski definition) is 2. The number of carboxylic acid groups (broad SMARTS) is 1. The molecule has 3 heterocycles. The predicted octanol–water partition coefficient (Wildman–Crippen LogP) is 2.80. The van der Waals surface area contributed by atoms with Crippen LogP contribution in [0.5, 0.6) is 0 Å². The fraction of sp³-hybridized carbons (Fsp3) is 0.125. The van der Waals surface area contributed by atoms with Gasteiger partial charge in [0.05, 0.1) is 27.3 Å². The lowest BCUT2D eigenvalue weighted by atomic mass is 10.0. The van der Waals surface area contributed by atoms with Crippen molar-refractivity contribution in [3.63, 3.8) is 0 Å². The summed E-state index contributed by atoms with van der Waals surface area (Å²) >= 11 is 1.56. The number of anilines is 1. The third-order valence-corrected chi connectivity index (χ3v) is 4.86. The van der Waals surface area contributed by atoms with Gasteiger partial charge in [0.2, 0.25) is 5.95 Å². The van der Waals surface area contributed by atoms with E-state index in [2.05, 4.69) is 26.5 Å². The van der Waals surface area contributed by atoms with E-state index in [4.69, 9.17) is 5.11 Å². The van der Waals surface area contributed by atoms with Crippen LogP contribution in [0.4, 0.5) is 5.95 Å². The Morgan fingerprint density at radius 2 is 2.08 bits per heavy atom. The number of carboxylic acids is 1. The molecule has 7 nitrogen and oxygen atoms in total. The Bertz CT molecular complexity index is 942. The molecule has 0 bridgehead atoms. The maximum Gasteiger partial charge on any atom is 0.335 e. The fourth-order valence-corrected chi connectivity index (χ4v) is 3.47. The van der Waals surface area contributed by atoms with Crippen molar-refractivity contribution in [2.75, 3.05) is 5.32 Å². The van der Waals surface area contributed by atoms with Gasteiger partial charge in [0.25, 0.3) is 0 Å². The van der Waals surface area contributed by atoms with Crippen LogP contribution in [-0.4, -0.2) is 30.8 Å². The van der Waals surface area contributed by atoms with E-state index < -0.39 is 5.97 Å².